The number of aliphatic hydroxyl groups is 3. The van der Waals surface area contributed by atoms with Crippen molar-refractivity contribution in [1.29, 1.82) is 0 Å². The van der Waals surface area contributed by atoms with Crippen molar-refractivity contribution < 1.29 is 20.4 Å². The van der Waals surface area contributed by atoms with Gasteiger partial charge in [0.1, 0.15) is 11.9 Å². The lowest BCUT2D eigenvalue weighted by Gasteiger charge is -2.18. The van der Waals surface area contributed by atoms with Gasteiger partial charge < -0.3 is 20.4 Å². The van der Waals surface area contributed by atoms with Gasteiger partial charge in [-0.1, -0.05) is 0 Å². The Bertz CT molecular complexity index is 352. The summed E-state index contributed by atoms with van der Waals surface area (Å²) in [6.07, 6.45) is -1.27. The van der Waals surface area contributed by atoms with E-state index in [-0.39, 0.29) is 23.5 Å². The van der Waals surface area contributed by atoms with Crippen molar-refractivity contribution in [3.05, 3.63) is 29.9 Å². The highest BCUT2D eigenvalue weighted by atomic mass is 16.3. The van der Waals surface area contributed by atoms with E-state index in [9.17, 15) is 10.2 Å². The van der Waals surface area contributed by atoms with Gasteiger partial charge in [0.2, 0.25) is 0 Å². The van der Waals surface area contributed by atoms with E-state index in [4.69, 9.17) is 10.2 Å². The Hall–Kier alpha value is -1.17. The molecule has 5 nitrogen and oxygen atoms in total. The van der Waals surface area contributed by atoms with Crippen LogP contribution in [-0.2, 0) is 6.61 Å². The van der Waals surface area contributed by atoms with E-state index in [0.29, 0.717) is 5.69 Å². The highest BCUT2D eigenvalue weighted by Crippen LogP contribution is 2.31. The van der Waals surface area contributed by atoms with Gasteiger partial charge in [-0.15, -0.1) is 0 Å². The summed E-state index contributed by atoms with van der Waals surface area (Å²) >= 11 is 0. The normalized spacial score (nSPS) is 15.0. The molecule has 1 rings (SSSR count). The van der Waals surface area contributed by atoms with Gasteiger partial charge >= 0.3 is 0 Å². The molecule has 1 radical (unpaired) electrons. The largest absolute Gasteiger partial charge is 0.506 e. The van der Waals surface area contributed by atoms with Gasteiger partial charge in [-0.2, -0.15) is 0 Å². The lowest BCUT2D eigenvalue weighted by molar-refractivity contribution is 0.0433. The summed E-state index contributed by atoms with van der Waals surface area (Å²) in [4.78, 5) is 3.83. The van der Waals surface area contributed by atoms with Crippen LogP contribution in [0.25, 0.3) is 0 Å². The second-order valence-electron chi connectivity index (χ2n) is 3.30. The maximum absolute atomic E-state index is 9.66. The molecule has 0 aliphatic carbocycles. The van der Waals surface area contributed by atoms with E-state index >= 15 is 0 Å². The molecule has 0 aliphatic rings. The Morgan fingerprint density at radius 3 is 2.53 bits per heavy atom. The van der Waals surface area contributed by atoms with E-state index in [1.807, 2.05) is 0 Å². The number of pyridine rings is 1. The third-order valence-electron chi connectivity index (χ3n) is 2.19. The molecule has 0 amide bonds. The van der Waals surface area contributed by atoms with Crippen molar-refractivity contribution >= 4 is 0 Å². The Labute approximate surface area is 87.7 Å². The quantitative estimate of drug-likeness (QED) is 0.557. The predicted molar refractivity (Wildman–Crippen MR) is 52.9 cm³/mol. The first-order chi connectivity index (χ1) is 6.99. The topological polar surface area (TPSA) is 93.8 Å². The molecule has 0 aliphatic heterocycles. The Balaban J connectivity index is 3.29. The highest BCUT2D eigenvalue weighted by Gasteiger charge is 2.22. The van der Waals surface area contributed by atoms with Gasteiger partial charge in [0.25, 0.3) is 0 Å². The number of aromatic nitrogens is 1. The number of aromatic hydroxyl groups is 1. The van der Waals surface area contributed by atoms with Crippen molar-refractivity contribution in [1.82, 2.24) is 4.98 Å². The highest BCUT2D eigenvalue weighted by molar-refractivity contribution is 5.42. The molecule has 0 spiro atoms. The first kappa shape index (κ1) is 11.9. The minimum Gasteiger partial charge on any atom is -0.506 e. The standard InChI is InChI=1S/C10H14NO4/c1-5-9(14)8(10(15)6(2)13)7(4-12)3-11-5/h3,6,10,12-15H,2,4H2,1H3. The van der Waals surface area contributed by atoms with Gasteiger partial charge in [-0.3, -0.25) is 4.98 Å². The minimum absolute atomic E-state index is 0.0764. The van der Waals surface area contributed by atoms with Crippen LogP contribution < -0.4 is 0 Å². The molecule has 4 N–H and O–H groups in total. The van der Waals surface area contributed by atoms with Crippen LogP contribution >= 0.6 is 0 Å². The molecule has 1 aromatic heterocycles. The molecule has 2 atom stereocenters. The SMILES string of the molecule is [CH2]C(O)C(O)c1c(CO)cnc(C)c1O. The second-order valence-corrected chi connectivity index (χ2v) is 3.30. The summed E-state index contributed by atoms with van der Waals surface area (Å²) in [7, 11) is 0. The molecular formula is C10H14NO4. The molecule has 2 unspecified atom stereocenters. The van der Waals surface area contributed by atoms with Gasteiger partial charge in [0.15, 0.2) is 0 Å². The van der Waals surface area contributed by atoms with Crippen LogP contribution in [0, 0.1) is 13.8 Å². The fraction of sp³-hybridized carbons (Fsp3) is 0.400. The third-order valence-corrected chi connectivity index (χ3v) is 2.19. The van der Waals surface area contributed by atoms with Crippen molar-refractivity contribution in [2.24, 2.45) is 0 Å². The van der Waals surface area contributed by atoms with Crippen LogP contribution in [0.1, 0.15) is 22.9 Å². The first-order valence-electron chi connectivity index (χ1n) is 4.46. The first-order valence-corrected chi connectivity index (χ1v) is 4.46. The number of aliphatic hydroxyl groups excluding tert-OH is 3. The van der Waals surface area contributed by atoms with Gasteiger partial charge in [-0.25, -0.2) is 0 Å². The van der Waals surface area contributed by atoms with Crippen molar-refractivity contribution in [2.75, 3.05) is 0 Å². The summed E-state index contributed by atoms with van der Waals surface area (Å²) in [6, 6.07) is 0. The molecule has 0 bridgehead atoms. The molecule has 0 aromatic carbocycles. The molecule has 15 heavy (non-hydrogen) atoms. The summed E-state index contributed by atoms with van der Waals surface area (Å²) in [5, 5.41) is 37.4. The van der Waals surface area contributed by atoms with Crippen molar-refractivity contribution in [2.45, 2.75) is 25.7 Å². The maximum atomic E-state index is 9.66. The zero-order valence-electron chi connectivity index (χ0n) is 8.38. The predicted octanol–water partition coefficient (Wildman–Crippen LogP) is -0.184. The zero-order chi connectivity index (χ0) is 11.6. The van der Waals surface area contributed by atoms with Crippen LogP contribution in [0.2, 0.25) is 0 Å². The molecule has 1 heterocycles. The van der Waals surface area contributed by atoms with Crippen LogP contribution in [-0.4, -0.2) is 31.5 Å². The Morgan fingerprint density at radius 2 is 2.07 bits per heavy atom. The second kappa shape index (κ2) is 4.57. The molecule has 83 valence electrons. The van der Waals surface area contributed by atoms with Crippen LogP contribution in [0.4, 0.5) is 0 Å². The Morgan fingerprint density at radius 1 is 1.47 bits per heavy atom. The lowest BCUT2D eigenvalue weighted by Crippen LogP contribution is -2.17. The maximum Gasteiger partial charge on any atom is 0.143 e. The molecule has 0 saturated heterocycles. The van der Waals surface area contributed by atoms with Gasteiger partial charge in [-0.05, 0) is 13.8 Å². The van der Waals surface area contributed by atoms with Crippen LogP contribution in [0.5, 0.6) is 5.75 Å². The Kier molecular flexibility index (Phi) is 3.62. The van der Waals surface area contributed by atoms with Gasteiger partial charge in [0, 0.05) is 17.3 Å². The number of aryl methyl sites for hydroxylation is 1. The number of nitrogens with zero attached hydrogens (tertiary/aromatic N) is 1. The smallest absolute Gasteiger partial charge is 0.143 e. The summed E-state index contributed by atoms with van der Waals surface area (Å²) < 4.78 is 0. The van der Waals surface area contributed by atoms with E-state index in [1.165, 1.54) is 6.20 Å². The molecular weight excluding hydrogens is 198 g/mol. The fourth-order valence-corrected chi connectivity index (χ4v) is 1.30. The molecule has 0 fully saturated rings. The van der Waals surface area contributed by atoms with E-state index in [1.54, 1.807) is 6.92 Å². The van der Waals surface area contributed by atoms with E-state index < -0.39 is 12.2 Å². The average Bonchev–Trinajstić information content (AvgIpc) is 2.20. The lowest BCUT2D eigenvalue weighted by atomic mass is 9.99. The fourth-order valence-electron chi connectivity index (χ4n) is 1.30. The summed E-state index contributed by atoms with van der Waals surface area (Å²) in [5.74, 6) is -0.225. The monoisotopic (exact) mass is 212 g/mol. The molecule has 0 saturated carbocycles. The van der Waals surface area contributed by atoms with Crippen LogP contribution in [0.15, 0.2) is 6.20 Å². The number of rotatable bonds is 3. The molecule has 5 heteroatoms. The van der Waals surface area contributed by atoms with Crippen LogP contribution in [0.3, 0.4) is 0 Å². The summed E-state index contributed by atoms with van der Waals surface area (Å²) in [6.45, 7) is 4.44. The minimum atomic E-state index is -1.34. The van der Waals surface area contributed by atoms with E-state index in [0.717, 1.165) is 0 Å². The van der Waals surface area contributed by atoms with E-state index in [2.05, 4.69) is 11.9 Å². The molecule has 1 aromatic rings. The van der Waals surface area contributed by atoms with Crippen molar-refractivity contribution in [3.8, 4) is 5.75 Å². The number of hydrogen-bond acceptors (Lipinski definition) is 5. The van der Waals surface area contributed by atoms with Crippen molar-refractivity contribution in [3.63, 3.8) is 0 Å². The average molecular weight is 212 g/mol. The zero-order valence-corrected chi connectivity index (χ0v) is 8.38. The number of hydrogen-bond donors (Lipinski definition) is 4. The third kappa shape index (κ3) is 2.26. The van der Waals surface area contributed by atoms with Gasteiger partial charge in [0.05, 0.1) is 18.4 Å². The summed E-state index contributed by atoms with van der Waals surface area (Å²) in [5.41, 5.74) is 0.669.